The fourth-order valence-electron chi connectivity index (χ4n) is 4.17. The van der Waals surface area contributed by atoms with Gasteiger partial charge in [-0.15, -0.1) is 0 Å². The van der Waals surface area contributed by atoms with Crippen molar-refractivity contribution in [3.8, 4) is 5.75 Å². The summed E-state index contributed by atoms with van der Waals surface area (Å²) in [5.41, 5.74) is 2.40. The number of aryl methyl sites for hydroxylation is 1. The Bertz CT molecular complexity index is 1180. The number of fused-ring (bicyclic) bond motifs is 1. The Morgan fingerprint density at radius 1 is 1.03 bits per heavy atom. The van der Waals surface area contributed by atoms with E-state index >= 15 is 0 Å². The maximum atomic E-state index is 13.1. The minimum Gasteiger partial charge on any atom is -0.495 e. The average molecular weight is 434 g/mol. The molecule has 7 nitrogen and oxygen atoms in total. The van der Waals surface area contributed by atoms with E-state index in [1.54, 1.807) is 29.0 Å². The number of hydrogen-bond donors (Lipinski definition) is 1. The van der Waals surface area contributed by atoms with Gasteiger partial charge in [0.25, 0.3) is 11.7 Å². The van der Waals surface area contributed by atoms with E-state index in [2.05, 4.69) is 5.32 Å². The van der Waals surface area contributed by atoms with Crippen molar-refractivity contribution in [3.63, 3.8) is 0 Å². The molecule has 0 saturated carbocycles. The minimum absolute atomic E-state index is 0.0263. The quantitative estimate of drug-likeness (QED) is 0.474. The highest BCUT2D eigenvalue weighted by Crippen LogP contribution is 2.27. The molecule has 2 amide bonds. The number of rotatable bonds is 6. The molecule has 4 rings (SSSR count). The molecule has 1 fully saturated rings. The van der Waals surface area contributed by atoms with Crippen molar-refractivity contribution in [2.45, 2.75) is 32.7 Å². The van der Waals surface area contributed by atoms with Gasteiger partial charge in [-0.3, -0.25) is 14.4 Å². The van der Waals surface area contributed by atoms with Crippen LogP contribution in [0.3, 0.4) is 0 Å². The number of carbonyl (C=O) groups excluding carboxylic acids is 3. The standard InChI is InChI=1S/C25H27N3O4/c1-17-10-11-22(32-2)20(14-17)26-25(31)24(30)19-15-28(21-9-5-4-8-18(19)21)16-23(29)27-12-6-3-7-13-27/h4-5,8-11,14-15H,3,6-7,12-13,16H2,1-2H3,(H,26,31). The number of likely N-dealkylation sites (tertiary alicyclic amines) is 1. The molecule has 0 bridgehead atoms. The van der Waals surface area contributed by atoms with Crippen molar-refractivity contribution in [2.75, 3.05) is 25.5 Å². The van der Waals surface area contributed by atoms with Crippen LogP contribution >= 0.6 is 0 Å². The Balaban J connectivity index is 1.60. The number of aromatic nitrogens is 1. The Kier molecular flexibility index (Phi) is 6.25. The van der Waals surface area contributed by atoms with E-state index in [4.69, 9.17) is 4.74 Å². The summed E-state index contributed by atoms with van der Waals surface area (Å²) in [6, 6.07) is 12.7. The Morgan fingerprint density at radius 2 is 1.78 bits per heavy atom. The molecule has 1 saturated heterocycles. The van der Waals surface area contributed by atoms with Gasteiger partial charge in [0.15, 0.2) is 0 Å². The van der Waals surface area contributed by atoms with E-state index in [0.29, 0.717) is 16.8 Å². The van der Waals surface area contributed by atoms with Crippen LogP contribution in [0.15, 0.2) is 48.7 Å². The van der Waals surface area contributed by atoms with Crippen LogP contribution in [0.2, 0.25) is 0 Å². The van der Waals surface area contributed by atoms with E-state index in [0.717, 1.165) is 43.4 Å². The number of methoxy groups -OCH3 is 1. The number of ether oxygens (including phenoxy) is 1. The van der Waals surface area contributed by atoms with Crippen LogP contribution < -0.4 is 10.1 Å². The molecule has 1 aromatic heterocycles. The van der Waals surface area contributed by atoms with E-state index in [1.165, 1.54) is 7.11 Å². The number of carbonyl (C=O) groups is 3. The molecular weight excluding hydrogens is 406 g/mol. The van der Waals surface area contributed by atoms with Gasteiger partial charge in [-0.1, -0.05) is 24.3 Å². The van der Waals surface area contributed by atoms with E-state index in [1.807, 2.05) is 36.1 Å². The Morgan fingerprint density at radius 3 is 2.53 bits per heavy atom. The lowest BCUT2D eigenvalue weighted by atomic mass is 10.1. The lowest BCUT2D eigenvalue weighted by Gasteiger charge is -2.27. The van der Waals surface area contributed by atoms with Crippen molar-refractivity contribution in [1.29, 1.82) is 0 Å². The third kappa shape index (κ3) is 4.37. The molecule has 0 unspecified atom stereocenters. The molecule has 0 radical (unpaired) electrons. The number of ketones is 1. The number of hydrogen-bond acceptors (Lipinski definition) is 4. The highest BCUT2D eigenvalue weighted by atomic mass is 16.5. The number of nitrogens with one attached hydrogen (secondary N) is 1. The molecule has 2 heterocycles. The van der Waals surface area contributed by atoms with Gasteiger partial charge in [0.05, 0.1) is 18.4 Å². The second-order valence-corrected chi connectivity index (χ2v) is 8.12. The molecule has 0 spiro atoms. The van der Waals surface area contributed by atoms with Crippen LogP contribution in [0.5, 0.6) is 5.75 Å². The lowest BCUT2D eigenvalue weighted by molar-refractivity contribution is -0.132. The molecule has 32 heavy (non-hydrogen) atoms. The zero-order chi connectivity index (χ0) is 22.7. The second kappa shape index (κ2) is 9.26. The molecule has 0 aliphatic carbocycles. The Hall–Kier alpha value is -3.61. The van der Waals surface area contributed by atoms with Gasteiger partial charge in [-0.05, 0) is 49.9 Å². The first-order chi connectivity index (χ1) is 15.5. The summed E-state index contributed by atoms with van der Waals surface area (Å²) in [7, 11) is 1.51. The smallest absolute Gasteiger partial charge is 0.296 e. The van der Waals surface area contributed by atoms with Crippen molar-refractivity contribution in [3.05, 3.63) is 59.8 Å². The van der Waals surface area contributed by atoms with Crippen LogP contribution in [0.25, 0.3) is 10.9 Å². The van der Waals surface area contributed by atoms with Gasteiger partial charge in [0, 0.05) is 30.2 Å². The summed E-state index contributed by atoms with van der Waals surface area (Å²) >= 11 is 0. The van der Waals surface area contributed by atoms with Crippen LogP contribution in [-0.4, -0.2) is 47.3 Å². The molecule has 7 heteroatoms. The summed E-state index contributed by atoms with van der Waals surface area (Å²) in [6.45, 7) is 3.57. The monoisotopic (exact) mass is 433 g/mol. The number of amides is 2. The van der Waals surface area contributed by atoms with Crippen molar-refractivity contribution in [2.24, 2.45) is 0 Å². The zero-order valence-electron chi connectivity index (χ0n) is 18.4. The first-order valence-corrected chi connectivity index (χ1v) is 10.8. The second-order valence-electron chi connectivity index (χ2n) is 8.12. The lowest BCUT2D eigenvalue weighted by Crippen LogP contribution is -2.37. The zero-order valence-corrected chi connectivity index (χ0v) is 18.4. The van der Waals surface area contributed by atoms with Crippen LogP contribution in [-0.2, 0) is 16.1 Å². The largest absolute Gasteiger partial charge is 0.495 e. The molecule has 166 valence electrons. The molecule has 1 N–H and O–H groups in total. The predicted molar refractivity (Wildman–Crippen MR) is 123 cm³/mol. The fourth-order valence-corrected chi connectivity index (χ4v) is 4.17. The summed E-state index contributed by atoms with van der Waals surface area (Å²) < 4.78 is 7.05. The fraction of sp³-hybridized carbons (Fsp3) is 0.320. The van der Waals surface area contributed by atoms with Gasteiger partial charge in [0.1, 0.15) is 12.3 Å². The number of Topliss-reactive ketones (excluding diaryl/α,β-unsaturated/α-hetero) is 1. The maximum Gasteiger partial charge on any atom is 0.296 e. The van der Waals surface area contributed by atoms with Gasteiger partial charge in [-0.2, -0.15) is 0 Å². The first-order valence-electron chi connectivity index (χ1n) is 10.8. The summed E-state index contributed by atoms with van der Waals surface area (Å²) in [4.78, 5) is 40.6. The van der Waals surface area contributed by atoms with Crippen LogP contribution in [0.4, 0.5) is 5.69 Å². The van der Waals surface area contributed by atoms with Gasteiger partial charge >= 0.3 is 0 Å². The number of para-hydroxylation sites is 1. The van der Waals surface area contributed by atoms with E-state index in [-0.39, 0.29) is 18.0 Å². The molecule has 1 aliphatic rings. The summed E-state index contributed by atoms with van der Waals surface area (Å²) in [5.74, 6) is -0.905. The molecule has 0 atom stereocenters. The number of anilines is 1. The van der Waals surface area contributed by atoms with Gasteiger partial charge in [0.2, 0.25) is 5.91 Å². The van der Waals surface area contributed by atoms with E-state index < -0.39 is 11.7 Å². The minimum atomic E-state index is -0.751. The summed E-state index contributed by atoms with van der Waals surface area (Å²) in [6.07, 6.45) is 4.80. The van der Waals surface area contributed by atoms with Gasteiger partial charge in [-0.25, -0.2) is 0 Å². The van der Waals surface area contributed by atoms with Gasteiger partial charge < -0.3 is 19.5 Å². The summed E-state index contributed by atoms with van der Waals surface area (Å²) in [5, 5.41) is 3.32. The average Bonchev–Trinajstić information content (AvgIpc) is 3.17. The van der Waals surface area contributed by atoms with Crippen molar-refractivity contribution >= 4 is 34.2 Å². The van der Waals surface area contributed by atoms with Crippen molar-refractivity contribution < 1.29 is 19.1 Å². The first kappa shape index (κ1) is 21.6. The molecule has 2 aromatic carbocycles. The third-order valence-corrected chi connectivity index (χ3v) is 5.86. The normalized spacial score (nSPS) is 13.8. The predicted octanol–water partition coefficient (Wildman–Crippen LogP) is 3.79. The van der Waals surface area contributed by atoms with Crippen LogP contribution in [0, 0.1) is 6.92 Å². The highest BCUT2D eigenvalue weighted by Gasteiger charge is 2.24. The number of benzene rings is 2. The SMILES string of the molecule is COc1ccc(C)cc1NC(=O)C(=O)c1cn(CC(=O)N2CCCCC2)c2ccccc12. The molecule has 3 aromatic rings. The maximum absolute atomic E-state index is 13.1. The molecular formula is C25H27N3O4. The van der Waals surface area contributed by atoms with Crippen molar-refractivity contribution in [1.82, 2.24) is 9.47 Å². The Labute approximate surface area is 187 Å². The van der Waals surface area contributed by atoms with E-state index in [9.17, 15) is 14.4 Å². The topological polar surface area (TPSA) is 80.6 Å². The number of nitrogens with zero attached hydrogens (tertiary/aromatic N) is 2. The molecule has 1 aliphatic heterocycles. The number of piperidine rings is 1. The van der Waals surface area contributed by atoms with Crippen LogP contribution in [0.1, 0.15) is 35.2 Å². The highest BCUT2D eigenvalue weighted by molar-refractivity contribution is 6.48. The third-order valence-electron chi connectivity index (χ3n) is 5.86.